The van der Waals surface area contributed by atoms with E-state index in [1.807, 2.05) is 0 Å². The SMILES string of the molecule is Cc1ccc(Nc2nc(CN3CCC[C@H](C(N)=O)C3)cs2)cc1C. The number of primary amides is 1. The zero-order valence-corrected chi connectivity index (χ0v) is 15.0. The van der Waals surface area contributed by atoms with Gasteiger partial charge in [0.05, 0.1) is 11.6 Å². The molecule has 1 aliphatic heterocycles. The predicted molar refractivity (Wildman–Crippen MR) is 98.5 cm³/mol. The predicted octanol–water partition coefficient (Wildman–Crippen LogP) is 3.20. The second kappa shape index (κ2) is 7.32. The fourth-order valence-corrected chi connectivity index (χ4v) is 3.76. The molecule has 2 heterocycles. The molecule has 0 spiro atoms. The van der Waals surface area contributed by atoms with E-state index in [-0.39, 0.29) is 11.8 Å². The molecule has 0 aliphatic carbocycles. The molecule has 1 aromatic carbocycles. The van der Waals surface area contributed by atoms with Crippen molar-refractivity contribution in [1.29, 1.82) is 0 Å². The number of nitrogens with zero attached hydrogens (tertiary/aromatic N) is 2. The number of nitrogens with one attached hydrogen (secondary N) is 1. The number of aryl methyl sites for hydroxylation is 2. The maximum Gasteiger partial charge on any atom is 0.221 e. The van der Waals surface area contributed by atoms with Gasteiger partial charge < -0.3 is 11.1 Å². The Labute approximate surface area is 146 Å². The number of carbonyl (C=O) groups excluding carboxylic acids is 1. The average Bonchev–Trinajstić information content (AvgIpc) is 2.98. The quantitative estimate of drug-likeness (QED) is 0.874. The number of hydrogen-bond acceptors (Lipinski definition) is 5. The van der Waals surface area contributed by atoms with Gasteiger partial charge in [-0.15, -0.1) is 11.3 Å². The summed E-state index contributed by atoms with van der Waals surface area (Å²) in [6.45, 7) is 6.74. The molecule has 1 saturated heterocycles. The Morgan fingerprint density at radius 1 is 1.42 bits per heavy atom. The summed E-state index contributed by atoms with van der Waals surface area (Å²) in [6, 6.07) is 6.33. The first-order chi connectivity index (χ1) is 11.5. The van der Waals surface area contributed by atoms with Crippen LogP contribution in [0.3, 0.4) is 0 Å². The van der Waals surface area contributed by atoms with Crippen molar-refractivity contribution in [2.75, 3.05) is 18.4 Å². The normalized spacial score (nSPS) is 18.5. The van der Waals surface area contributed by atoms with Gasteiger partial charge in [-0.1, -0.05) is 6.07 Å². The van der Waals surface area contributed by atoms with Crippen LogP contribution in [0.1, 0.15) is 29.7 Å². The molecule has 5 nitrogen and oxygen atoms in total. The lowest BCUT2D eigenvalue weighted by atomic mass is 9.97. The molecule has 24 heavy (non-hydrogen) atoms. The molecule has 3 N–H and O–H groups in total. The summed E-state index contributed by atoms with van der Waals surface area (Å²) in [7, 11) is 0. The molecule has 3 rings (SSSR count). The number of likely N-dealkylation sites (tertiary alicyclic amines) is 1. The summed E-state index contributed by atoms with van der Waals surface area (Å²) in [6.07, 6.45) is 1.92. The monoisotopic (exact) mass is 344 g/mol. The van der Waals surface area contributed by atoms with Crippen molar-refractivity contribution >= 4 is 28.1 Å². The standard InChI is InChI=1S/C18H24N4OS/c1-12-5-6-15(8-13(12)2)20-18-21-16(11-24-18)10-22-7-3-4-14(9-22)17(19)23/h5-6,8,11,14H,3-4,7,9-10H2,1-2H3,(H2,19,23)(H,20,21)/t14-/m0/s1. The van der Waals surface area contributed by atoms with Crippen LogP contribution in [0.15, 0.2) is 23.6 Å². The second-order valence-corrected chi connectivity index (χ2v) is 7.40. The van der Waals surface area contributed by atoms with Crippen LogP contribution in [0.5, 0.6) is 0 Å². The minimum Gasteiger partial charge on any atom is -0.369 e. The summed E-state index contributed by atoms with van der Waals surface area (Å²) in [5, 5.41) is 6.35. The zero-order valence-electron chi connectivity index (χ0n) is 14.2. The van der Waals surface area contributed by atoms with Gasteiger partial charge in [0.15, 0.2) is 5.13 Å². The van der Waals surface area contributed by atoms with Gasteiger partial charge in [-0.25, -0.2) is 4.98 Å². The van der Waals surface area contributed by atoms with E-state index in [9.17, 15) is 4.79 Å². The van der Waals surface area contributed by atoms with Crippen LogP contribution in [-0.2, 0) is 11.3 Å². The number of benzene rings is 1. The average molecular weight is 344 g/mol. The van der Waals surface area contributed by atoms with Crippen LogP contribution < -0.4 is 11.1 Å². The zero-order chi connectivity index (χ0) is 17.1. The Hall–Kier alpha value is -1.92. The lowest BCUT2D eigenvalue weighted by molar-refractivity contribution is -0.123. The minimum atomic E-state index is -0.185. The number of anilines is 2. The maximum absolute atomic E-state index is 11.4. The number of carbonyl (C=O) groups is 1. The second-order valence-electron chi connectivity index (χ2n) is 6.54. The van der Waals surface area contributed by atoms with E-state index in [4.69, 9.17) is 5.73 Å². The topological polar surface area (TPSA) is 71.2 Å². The first-order valence-corrected chi connectivity index (χ1v) is 9.19. The smallest absolute Gasteiger partial charge is 0.221 e. The lowest BCUT2D eigenvalue weighted by Crippen LogP contribution is -2.40. The van der Waals surface area contributed by atoms with Crippen LogP contribution in [-0.4, -0.2) is 28.9 Å². The van der Waals surface area contributed by atoms with Crippen molar-refractivity contribution in [2.45, 2.75) is 33.2 Å². The summed E-state index contributed by atoms with van der Waals surface area (Å²) in [5.41, 5.74) is 10.1. The Bertz CT molecular complexity index is 728. The largest absolute Gasteiger partial charge is 0.369 e. The molecular formula is C18H24N4OS. The molecule has 1 aromatic heterocycles. The van der Waals surface area contributed by atoms with E-state index in [0.29, 0.717) is 0 Å². The summed E-state index contributed by atoms with van der Waals surface area (Å²) in [4.78, 5) is 18.3. The van der Waals surface area contributed by atoms with Crippen LogP contribution in [0.25, 0.3) is 0 Å². The first-order valence-electron chi connectivity index (χ1n) is 8.31. The molecule has 1 atom stereocenters. The number of hydrogen-bond donors (Lipinski definition) is 2. The van der Waals surface area contributed by atoms with Gasteiger partial charge in [0.1, 0.15) is 0 Å². The van der Waals surface area contributed by atoms with E-state index >= 15 is 0 Å². The van der Waals surface area contributed by atoms with E-state index < -0.39 is 0 Å². The van der Waals surface area contributed by atoms with Gasteiger partial charge in [0.2, 0.25) is 5.91 Å². The van der Waals surface area contributed by atoms with Crippen LogP contribution in [0.4, 0.5) is 10.8 Å². The third-order valence-electron chi connectivity index (χ3n) is 4.60. The molecule has 0 unspecified atom stereocenters. The fourth-order valence-electron chi connectivity index (χ4n) is 3.04. The third-order valence-corrected chi connectivity index (χ3v) is 5.41. The van der Waals surface area contributed by atoms with Crippen LogP contribution in [0.2, 0.25) is 0 Å². The number of thiazole rings is 1. The summed E-state index contributed by atoms with van der Waals surface area (Å²) < 4.78 is 0. The fraction of sp³-hybridized carbons (Fsp3) is 0.444. The van der Waals surface area contributed by atoms with Gasteiger partial charge in [-0.05, 0) is 56.5 Å². The Balaban J connectivity index is 1.61. The van der Waals surface area contributed by atoms with Gasteiger partial charge in [-0.3, -0.25) is 9.69 Å². The lowest BCUT2D eigenvalue weighted by Gasteiger charge is -2.30. The van der Waals surface area contributed by atoms with E-state index in [1.165, 1.54) is 11.1 Å². The molecule has 1 fully saturated rings. The molecule has 1 aliphatic rings. The van der Waals surface area contributed by atoms with E-state index in [2.05, 4.69) is 52.6 Å². The highest BCUT2D eigenvalue weighted by atomic mass is 32.1. The van der Waals surface area contributed by atoms with Gasteiger partial charge in [0, 0.05) is 24.2 Å². The minimum absolute atomic E-state index is 0.0227. The van der Waals surface area contributed by atoms with E-state index in [0.717, 1.165) is 49.0 Å². The molecule has 0 bridgehead atoms. The molecule has 128 valence electrons. The van der Waals surface area contributed by atoms with Gasteiger partial charge in [-0.2, -0.15) is 0 Å². The Morgan fingerprint density at radius 3 is 3.00 bits per heavy atom. The van der Waals surface area contributed by atoms with Crippen molar-refractivity contribution in [3.05, 3.63) is 40.4 Å². The summed E-state index contributed by atoms with van der Waals surface area (Å²) in [5.74, 6) is -0.208. The number of nitrogens with two attached hydrogens (primary N) is 1. The molecule has 0 saturated carbocycles. The van der Waals surface area contributed by atoms with Crippen LogP contribution in [0, 0.1) is 19.8 Å². The van der Waals surface area contributed by atoms with Crippen molar-refractivity contribution in [3.63, 3.8) is 0 Å². The highest BCUT2D eigenvalue weighted by Crippen LogP contribution is 2.24. The van der Waals surface area contributed by atoms with Crippen LogP contribution >= 0.6 is 11.3 Å². The Morgan fingerprint density at radius 2 is 2.25 bits per heavy atom. The highest BCUT2D eigenvalue weighted by Gasteiger charge is 2.24. The third kappa shape index (κ3) is 4.13. The number of rotatable bonds is 5. The molecular weight excluding hydrogens is 320 g/mol. The van der Waals surface area contributed by atoms with Crippen molar-refractivity contribution < 1.29 is 4.79 Å². The summed E-state index contributed by atoms with van der Waals surface area (Å²) >= 11 is 1.61. The van der Waals surface area contributed by atoms with Gasteiger partial charge >= 0.3 is 0 Å². The van der Waals surface area contributed by atoms with Crippen molar-refractivity contribution in [2.24, 2.45) is 11.7 Å². The molecule has 2 aromatic rings. The van der Waals surface area contributed by atoms with Crippen molar-refractivity contribution in [3.8, 4) is 0 Å². The molecule has 1 amide bonds. The Kier molecular flexibility index (Phi) is 5.16. The van der Waals surface area contributed by atoms with Gasteiger partial charge in [0.25, 0.3) is 0 Å². The first kappa shape index (κ1) is 16.9. The highest BCUT2D eigenvalue weighted by molar-refractivity contribution is 7.13. The molecule has 6 heteroatoms. The van der Waals surface area contributed by atoms with Crippen molar-refractivity contribution in [1.82, 2.24) is 9.88 Å². The number of piperidine rings is 1. The number of amides is 1. The van der Waals surface area contributed by atoms with E-state index in [1.54, 1.807) is 11.3 Å². The number of aromatic nitrogens is 1. The maximum atomic E-state index is 11.4. The molecule has 0 radical (unpaired) electrons.